The van der Waals surface area contributed by atoms with Crippen LogP contribution in [-0.4, -0.2) is 24.0 Å². The lowest BCUT2D eigenvalue weighted by molar-refractivity contribution is 0.0935. The van der Waals surface area contributed by atoms with E-state index >= 15 is 0 Å². The van der Waals surface area contributed by atoms with E-state index in [0.717, 1.165) is 15.5 Å². The highest BCUT2D eigenvalue weighted by molar-refractivity contribution is 8.01. The van der Waals surface area contributed by atoms with Gasteiger partial charge in [0.05, 0.1) is 9.09 Å². The third-order valence-electron chi connectivity index (χ3n) is 4.63. The van der Waals surface area contributed by atoms with Crippen LogP contribution in [0.5, 0.6) is 0 Å². The first-order chi connectivity index (χ1) is 11.2. The zero-order chi connectivity index (χ0) is 15.8. The molecule has 2 saturated heterocycles. The molecule has 120 valence electrons. The lowest BCUT2D eigenvalue weighted by Gasteiger charge is -2.20. The van der Waals surface area contributed by atoms with Gasteiger partial charge < -0.3 is 10.6 Å². The van der Waals surface area contributed by atoms with Gasteiger partial charge in [-0.15, -0.1) is 11.3 Å². The number of rotatable bonds is 4. The number of aryl methyl sites for hydroxylation is 1. The standard InChI is InChI=1S/C18H20N2OS2/c1-11-3-2-4-13(9-11)22-17-8-7-16(23-17)18(21)20-15-10-12-5-6-14(15)19-12/h2-4,7-9,12,14-15,19H,5-6,10H2,1H3,(H,20,21)/t12-,14+,15-/m1/s1. The van der Waals surface area contributed by atoms with E-state index in [1.807, 2.05) is 12.1 Å². The number of hydrogen-bond donors (Lipinski definition) is 2. The Kier molecular flexibility index (Phi) is 4.18. The second-order valence-electron chi connectivity index (χ2n) is 6.40. The van der Waals surface area contributed by atoms with Gasteiger partial charge in [0, 0.05) is 23.0 Å². The molecule has 0 radical (unpaired) electrons. The lowest BCUT2D eigenvalue weighted by Crippen LogP contribution is -2.42. The van der Waals surface area contributed by atoms with Crippen molar-refractivity contribution in [3.05, 3.63) is 46.8 Å². The van der Waals surface area contributed by atoms with Gasteiger partial charge in [-0.25, -0.2) is 0 Å². The molecule has 2 aromatic rings. The first-order valence-corrected chi connectivity index (χ1v) is 9.72. The van der Waals surface area contributed by atoms with Gasteiger partial charge in [0.15, 0.2) is 0 Å². The Morgan fingerprint density at radius 3 is 2.96 bits per heavy atom. The molecular weight excluding hydrogens is 324 g/mol. The van der Waals surface area contributed by atoms with E-state index in [2.05, 4.69) is 41.8 Å². The van der Waals surface area contributed by atoms with Crippen molar-refractivity contribution in [1.29, 1.82) is 0 Å². The van der Waals surface area contributed by atoms with Crippen LogP contribution < -0.4 is 10.6 Å². The van der Waals surface area contributed by atoms with Crippen LogP contribution in [0.1, 0.15) is 34.5 Å². The Labute approximate surface area is 144 Å². The molecule has 5 heteroatoms. The molecule has 0 spiro atoms. The van der Waals surface area contributed by atoms with Crippen molar-refractivity contribution in [3.63, 3.8) is 0 Å². The van der Waals surface area contributed by atoms with Crippen molar-refractivity contribution in [3.8, 4) is 0 Å². The third-order valence-corrected chi connectivity index (χ3v) is 6.84. The quantitative estimate of drug-likeness (QED) is 0.886. The number of benzene rings is 1. The summed E-state index contributed by atoms with van der Waals surface area (Å²) in [5.74, 6) is 0.0745. The maximum absolute atomic E-state index is 12.5. The molecule has 3 heterocycles. The van der Waals surface area contributed by atoms with Crippen LogP contribution in [-0.2, 0) is 0 Å². The summed E-state index contributed by atoms with van der Waals surface area (Å²) in [5.41, 5.74) is 1.26. The van der Waals surface area contributed by atoms with Crippen LogP contribution in [0.25, 0.3) is 0 Å². The monoisotopic (exact) mass is 344 g/mol. The Morgan fingerprint density at radius 1 is 1.30 bits per heavy atom. The second kappa shape index (κ2) is 6.30. The van der Waals surface area contributed by atoms with E-state index in [0.29, 0.717) is 18.1 Å². The number of carbonyl (C=O) groups is 1. The number of fused-ring (bicyclic) bond motifs is 2. The molecule has 1 amide bonds. The molecule has 2 aliphatic heterocycles. The molecule has 2 fully saturated rings. The minimum Gasteiger partial charge on any atom is -0.347 e. The summed E-state index contributed by atoms with van der Waals surface area (Å²) in [4.78, 5) is 14.5. The van der Waals surface area contributed by atoms with Crippen LogP contribution in [0.15, 0.2) is 45.5 Å². The predicted octanol–water partition coefficient (Wildman–Crippen LogP) is 3.83. The van der Waals surface area contributed by atoms with Crippen LogP contribution in [0.3, 0.4) is 0 Å². The summed E-state index contributed by atoms with van der Waals surface area (Å²) >= 11 is 3.30. The van der Waals surface area contributed by atoms with Gasteiger partial charge in [-0.3, -0.25) is 4.79 Å². The van der Waals surface area contributed by atoms with Gasteiger partial charge in [0.1, 0.15) is 0 Å². The summed E-state index contributed by atoms with van der Waals surface area (Å²) in [6.45, 7) is 2.10. The molecule has 1 aromatic carbocycles. The Morgan fingerprint density at radius 2 is 2.22 bits per heavy atom. The molecule has 2 aliphatic rings. The van der Waals surface area contributed by atoms with Crippen molar-refractivity contribution < 1.29 is 4.79 Å². The molecule has 0 saturated carbocycles. The largest absolute Gasteiger partial charge is 0.347 e. The van der Waals surface area contributed by atoms with Crippen LogP contribution >= 0.6 is 23.1 Å². The van der Waals surface area contributed by atoms with Gasteiger partial charge in [-0.05, 0) is 50.5 Å². The molecule has 0 aliphatic carbocycles. The molecule has 3 atom stereocenters. The number of hydrogen-bond acceptors (Lipinski definition) is 4. The topological polar surface area (TPSA) is 41.1 Å². The minimum atomic E-state index is 0.0745. The number of thiophene rings is 1. The molecule has 4 rings (SSSR count). The Bertz CT molecular complexity index is 727. The van der Waals surface area contributed by atoms with E-state index < -0.39 is 0 Å². The zero-order valence-electron chi connectivity index (χ0n) is 13.0. The van der Waals surface area contributed by atoms with Gasteiger partial charge in [-0.2, -0.15) is 0 Å². The molecular formula is C18H20N2OS2. The van der Waals surface area contributed by atoms with E-state index in [1.165, 1.54) is 23.3 Å². The highest BCUT2D eigenvalue weighted by Crippen LogP contribution is 2.34. The average molecular weight is 345 g/mol. The smallest absolute Gasteiger partial charge is 0.261 e. The summed E-state index contributed by atoms with van der Waals surface area (Å²) in [5, 5.41) is 6.78. The number of amides is 1. The number of carbonyl (C=O) groups excluding carboxylic acids is 1. The first kappa shape index (κ1) is 15.2. The van der Waals surface area contributed by atoms with Crippen LogP contribution in [0, 0.1) is 6.92 Å². The van der Waals surface area contributed by atoms with Crippen LogP contribution in [0.2, 0.25) is 0 Å². The Hall–Kier alpha value is -1.30. The Balaban J connectivity index is 1.40. The fourth-order valence-corrected chi connectivity index (χ4v) is 5.64. The summed E-state index contributed by atoms with van der Waals surface area (Å²) < 4.78 is 1.16. The molecule has 2 N–H and O–H groups in total. The summed E-state index contributed by atoms with van der Waals surface area (Å²) in [6.07, 6.45) is 3.52. The lowest BCUT2D eigenvalue weighted by atomic mass is 9.95. The molecule has 2 bridgehead atoms. The van der Waals surface area contributed by atoms with Crippen molar-refractivity contribution >= 4 is 29.0 Å². The van der Waals surface area contributed by atoms with Gasteiger partial charge >= 0.3 is 0 Å². The third kappa shape index (κ3) is 3.32. The molecule has 1 aromatic heterocycles. The normalized spacial score (nSPS) is 25.7. The highest BCUT2D eigenvalue weighted by Gasteiger charge is 2.39. The summed E-state index contributed by atoms with van der Waals surface area (Å²) in [6, 6.07) is 13.8. The van der Waals surface area contributed by atoms with E-state index in [4.69, 9.17) is 0 Å². The molecule has 3 nitrogen and oxygen atoms in total. The van der Waals surface area contributed by atoms with Crippen molar-refractivity contribution in [2.75, 3.05) is 0 Å². The van der Waals surface area contributed by atoms with E-state index in [9.17, 15) is 4.79 Å². The fourth-order valence-electron chi connectivity index (χ4n) is 3.52. The maximum atomic E-state index is 12.5. The van der Waals surface area contributed by atoms with Gasteiger partial charge in [0.25, 0.3) is 5.91 Å². The molecule has 23 heavy (non-hydrogen) atoms. The van der Waals surface area contributed by atoms with Gasteiger partial charge in [-0.1, -0.05) is 29.5 Å². The number of nitrogens with one attached hydrogen (secondary N) is 2. The van der Waals surface area contributed by atoms with Crippen LogP contribution in [0.4, 0.5) is 0 Å². The highest BCUT2D eigenvalue weighted by atomic mass is 32.2. The SMILES string of the molecule is Cc1cccc(Sc2ccc(C(=O)N[C@@H]3C[C@H]4CC[C@@H]3N4)s2)c1. The first-order valence-electron chi connectivity index (χ1n) is 8.09. The van der Waals surface area contributed by atoms with Gasteiger partial charge in [0.2, 0.25) is 0 Å². The van der Waals surface area contributed by atoms with E-state index in [1.54, 1.807) is 23.1 Å². The van der Waals surface area contributed by atoms with Crippen molar-refractivity contribution in [1.82, 2.24) is 10.6 Å². The maximum Gasteiger partial charge on any atom is 0.261 e. The summed E-state index contributed by atoms with van der Waals surface area (Å²) in [7, 11) is 0. The zero-order valence-corrected chi connectivity index (χ0v) is 14.7. The average Bonchev–Trinajstić information content (AvgIpc) is 3.23. The molecule has 0 unspecified atom stereocenters. The van der Waals surface area contributed by atoms with E-state index in [-0.39, 0.29) is 5.91 Å². The van der Waals surface area contributed by atoms with Crippen molar-refractivity contribution in [2.45, 2.75) is 53.4 Å². The second-order valence-corrected chi connectivity index (χ2v) is 8.86. The fraction of sp³-hybridized carbons (Fsp3) is 0.389. The predicted molar refractivity (Wildman–Crippen MR) is 95.4 cm³/mol. The minimum absolute atomic E-state index is 0.0745. The van der Waals surface area contributed by atoms with Crippen molar-refractivity contribution in [2.24, 2.45) is 0 Å².